The van der Waals surface area contributed by atoms with Crippen LogP contribution in [0.2, 0.25) is 0 Å². The van der Waals surface area contributed by atoms with Crippen LogP contribution < -0.4 is 5.32 Å². The molecule has 0 aliphatic heterocycles. The number of halogens is 2. The van der Waals surface area contributed by atoms with Crippen molar-refractivity contribution in [1.82, 2.24) is 15.1 Å². The van der Waals surface area contributed by atoms with Crippen LogP contribution in [0.25, 0.3) is 0 Å². The van der Waals surface area contributed by atoms with Gasteiger partial charge in [0.1, 0.15) is 5.60 Å². The van der Waals surface area contributed by atoms with Gasteiger partial charge in [-0.25, -0.2) is 9.48 Å². The maximum absolute atomic E-state index is 12.4. The number of nitrogens with zero attached hydrogens (tertiary/aromatic N) is 2. The first-order valence-corrected chi connectivity index (χ1v) is 6.05. The fourth-order valence-electron chi connectivity index (χ4n) is 1.48. The highest BCUT2D eigenvalue weighted by molar-refractivity contribution is 5.68. The zero-order chi connectivity index (χ0) is 14.6. The lowest BCUT2D eigenvalue weighted by Crippen LogP contribution is -2.35. The largest absolute Gasteiger partial charge is 0.444 e. The van der Waals surface area contributed by atoms with Crippen LogP contribution in [0.4, 0.5) is 13.6 Å². The summed E-state index contributed by atoms with van der Waals surface area (Å²) in [5, 5.41) is 6.34. The van der Waals surface area contributed by atoms with E-state index >= 15 is 0 Å². The summed E-state index contributed by atoms with van der Waals surface area (Å²) in [6.45, 7) is 4.38. The first kappa shape index (κ1) is 15.4. The fourth-order valence-corrected chi connectivity index (χ4v) is 1.48. The second-order valence-corrected chi connectivity index (χ2v) is 5.11. The summed E-state index contributed by atoms with van der Waals surface area (Å²) < 4.78 is 30.5. The van der Waals surface area contributed by atoms with Gasteiger partial charge in [-0.05, 0) is 33.3 Å². The van der Waals surface area contributed by atoms with E-state index in [-0.39, 0.29) is 0 Å². The van der Waals surface area contributed by atoms with Gasteiger partial charge in [-0.3, -0.25) is 0 Å². The van der Waals surface area contributed by atoms with Gasteiger partial charge < -0.3 is 10.1 Å². The standard InChI is InChI=1S/C12H19F2N3O2/c1-5-8(15-11(18)19-12(2,3)4)9-6-7-17(16-9)10(13)14/h6-8,10H,5H2,1-4H3,(H,15,18)/t8-/m0/s1. The van der Waals surface area contributed by atoms with E-state index in [9.17, 15) is 13.6 Å². The van der Waals surface area contributed by atoms with Crippen molar-refractivity contribution in [3.8, 4) is 0 Å². The quantitative estimate of drug-likeness (QED) is 0.917. The van der Waals surface area contributed by atoms with Crippen molar-refractivity contribution in [3.05, 3.63) is 18.0 Å². The molecule has 0 unspecified atom stereocenters. The van der Waals surface area contributed by atoms with Crippen molar-refractivity contribution in [2.75, 3.05) is 0 Å². The summed E-state index contributed by atoms with van der Waals surface area (Å²) in [6, 6.07) is 1.01. The minimum atomic E-state index is -2.69. The number of amides is 1. The van der Waals surface area contributed by atoms with Crippen molar-refractivity contribution in [1.29, 1.82) is 0 Å². The molecule has 1 aromatic heterocycles. The van der Waals surface area contributed by atoms with Crippen LogP contribution in [0.1, 0.15) is 52.4 Å². The average Bonchev–Trinajstić information content (AvgIpc) is 2.72. The van der Waals surface area contributed by atoms with E-state index in [0.717, 1.165) is 0 Å². The van der Waals surface area contributed by atoms with Crippen LogP contribution in [0.15, 0.2) is 12.3 Å². The van der Waals surface area contributed by atoms with Gasteiger partial charge in [0.15, 0.2) is 0 Å². The monoisotopic (exact) mass is 275 g/mol. The van der Waals surface area contributed by atoms with E-state index in [1.165, 1.54) is 12.3 Å². The summed E-state index contributed by atoms with van der Waals surface area (Å²) in [5.74, 6) is 0. The normalized spacial score (nSPS) is 13.4. The van der Waals surface area contributed by atoms with Gasteiger partial charge in [-0.2, -0.15) is 13.9 Å². The minimum Gasteiger partial charge on any atom is -0.444 e. The second kappa shape index (κ2) is 5.99. The lowest BCUT2D eigenvalue weighted by atomic mass is 10.1. The van der Waals surface area contributed by atoms with Gasteiger partial charge in [0.25, 0.3) is 0 Å². The predicted molar refractivity (Wildman–Crippen MR) is 65.9 cm³/mol. The Hall–Kier alpha value is -1.66. The Morgan fingerprint density at radius 3 is 2.58 bits per heavy atom. The molecule has 19 heavy (non-hydrogen) atoms. The van der Waals surface area contributed by atoms with Gasteiger partial charge in [0, 0.05) is 6.20 Å². The first-order chi connectivity index (χ1) is 8.73. The fraction of sp³-hybridized carbons (Fsp3) is 0.667. The SMILES string of the molecule is CC[C@H](NC(=O)OC(C)(C)C)c1ccn(C(F)F)n1. The van der Waals surface area contributed by atoms with Crippen LogP contribution in [0.3, 0.4) is 0 Å². The molecule has 0 fully saturated rings. The molecule has 108 valence electrons. The van der Waals surface area contributed by atoms with Crippen LogP contribution >= 0.6 is 0 Å². The zero-order valence-corrected chi connectivity index (χ0v) is 11.5. The average molecular weight is 275 g/mol. The molecule has 0 radical (unpaired) electrons. The second-order valence-electron chi connectivity index (χ2n) is 5.11. The molecule has 1 amide bonds. The topological polar surface area (TPSA) is 56.1 Å². The molecular formula is C12H19F2N3O2. The van der Waals surface area contributed by atoms with Crippen LogP contribution in [0.5, 0.6) is 0 Å². The summed E-state index contributed by atoms with van der Waals surface area (Å²) in [4.78, 5) is 11.6. The number of ether oxygens (including phenoxy) is 1. The Labute approximate surface area is 110 Å². The molecule has 0 aromatic carbocycles. The van der Waals surface area contributed by atoms with E-state index in [2.05, 4.69) is 10.4 Å². The van der Waals surface area contributed by atoms with Crippen molar-refractivity contribution in [3.63, 3.8) is 0 Å². The highest BCUT2D eigenvalue weighted by Gasteiger charge is 2.21. The van der Waals surface area contributed by atoms with Gasteiger partial charge in [-0.15, -0.1) is 0 Å². The molecule has 1 N–H and O–H groups in total. The Morgan fingerprint density at radius 2 is 2.16 bits per heavy atom. The molecule has 1 heterocycles. The molecule has 1 atom stereocenters. The number of carbonyl (C=O) groups is 1. The number of rotatable bonds is 4. The van der Waals surface area contributed by atoms with E-state index in [1.807, 2.05) is 6.92 Å². The third-order valence-corrected chi connectivity index (χ3v) is 2.29. The van der Waals surface area contributed by atoms with Crippen molar-refractivity contribution < 1.29 is 18.3 Å². The number of carbonyl (C=O) groups excluding carboxylic acids is 1. The molecule has 1 aromatic rings. The number of hydrogen-bond acceptors (Lipinski definition) is 3. The Morgan fingerprint density at radius 1 is 1.53 bits per heavy atom. The molecule has 0 aliphatic rings. The van der Waals surface area contributed by atoms with Crippen LogP contribution in [0, 0.1) is 0 Å². The van der Waals surface area contributed by atoms with E-state index < -0.39 is 24.3 Å². The summed E-state index contributed by atoms with van der Waals surface area (Å²) >= 11 is 0. The lowest BCUT2D eigenvalue weighted by Gasteiger charge is -2.22. The highest BCUT2D eigenvalue weighted by atomic mass is 19.3. The first-order valence-electron chi connectivity index (χ1n) is 6.05. The number of nitrogens with one attached hydrogen (secondary N) is 1. The van der Waals surface area contributed by atoms with Crippen molar-refractivity contribution >= 4 is 6.09 Å². The van der Waals surface area contributed by atoms with Crippen LogP contribution in [-0.2, 0) is 4.74 Å². The van der Waals surface area contributed by atoms with Gasteiger partial charge in [-0.1, -0.05) is 6.92 Å². The minimum absolute atomic E-state index is 0.383. The maximum atomic E-state index is 12.4. The third-order valence-electron chi connectivity index (χ3n) is 2.29. The Kier molecular flexibility index (Phi) is 4.85. The molecule has 0 aliphatic carbocycles. The smallest absolute Gasteiger partial charge is 0.408 e. The van der Waals surface area contributed by atoms with E-state index in [1.54, 1.807) is 20.8 Å². The number of alkyl halides is 2. The summed E-state index contributed by atoms with van der Waals surface area (Å²) in [5.41, 5.74) is -0.223. The van der Waals surface area contributed by atoms with Gasteiger partial charge >= 0.3 is 12.6 Å². The molecule has 0 saturated heterocycles. The van der Waals surface area contributed by atoms with Gasteiger partial charge in [0.05, 0.1) is 11.7 Å². The number of aromatic nitrogens is 2. The van der Waals surface area contributed by atoms with E-state index in [0.29, 0.717) is 16.8 Å². The molecule has 5 nitrogen and oxygen atoms in total. The number of alkyl carbamates (subject to hydrolysis) is 1. The molecule has 0 saturated carbocycles. The van der Waals surface area contributed by atoms with E-state index in [4.69, 9.17) is 4.74 Å². The molecule has 0 spiro atoms. The molecule has 0 bridgehead atoms. The third kappa shape index (κ3) is 4.84. The maximum Gasteiger partial charge on any atom is 0.408 e. The molecular weight excluding hydrogens is 256 g/mol. The van der Waals surface area contributed by atoms with Crippen molar-refractivity contribution in [2.24, 2.45) is 0 Å². The Balaban J connectivity index is 2.69. The van der Waals surface area contributed by atoms with Crippen LogP contribution in [-0.4, -0.2) is 21.5 Å². The van der Waals surface area contributed by atoms with Gasteiger partial charge in [0.2, 0.25) is 0 Å². The van der Waals surface area contributed by atoms with Crippen molar-refractivity contribution in [2.45, 2.75) is 52.3 Å². The number of hydrogen-bond donors (Lipinski definition) is 1. The lowest BCUT2D eigenvalue weighted by molar-refractivity contribution is 0.0495. The molecule has 1 rings (SSSR count). The molecule has 7 heteroatoms. The summed E-state index contributed by atoms with van der Waals surface area (Å²) in [6.07, 6.45) is 1.12. The predicted octanol–water partition coefficient (Wildman–Crippen LogP) is 3.25. The summed E-state index contributed by atoms with van der Waals surface area (Å²) in [7, 11) is 0. The zero-order valence-electron chi connectivity index (χ0n) is 11.5. The Bertz CT molecular complexity index is 427. The highest BCUT2D eigenvalue weighted by Crippen LogP contribution is 2.18.